The molecule has 0 amide bonds. The summed E-state index contributed by atoms with van der Waals surface area (Å²) in [6, 6.07) is 0.803. The Balaban J connectivity index is 1.70. The van der Waals surface area contributed by atoms with Gasteiger partial charge in [-0.1, -0.05) is 6.42 Å². The molecule has 20 heavy (non-hydrogen) atoms. The number of rotatable bonds is 5. The van der Waals surface area contributed by atoms with E-state index >= 15 is 0 Å². The first-order chi connectivity index (χ1) is 9.54. The molecule has 0 aromatic carbocycles. The van der Waals surface area contributed by atoms with E-state index in [4.69, 9.17) is 0 Å². The monoisotopic (exact) mass is 298 g/mol. The van der Waals surface area contributed by atoms with Gasteiger partial charge < -0.3 is 5.32 Å². The van der Waals surface area contributed by atoms with Gasteiger partial charge in [0, 0.05) is 12.3 Å². The molecule has 2 aliphatic rings. The average Bonchev–Trinajstić information content (AvgIpc) is 3.12. The van der Waals surface area contributed by atoms with Crippen LogP contribution in [-0.2, 0) is 16.4 Å². The van der Waals surface area contributed by atoms with Crippen LogP contribution in [0.1, 0.15) is 50.4 Å². The fourth-order valence-electron chi connectivity index (χ4n) is 2.96. The van der Waals surface area contributed by atoms with Crippen LogP contribution in [0.3, 0.4) is 0 Å². The minimum atomic E-state index is -2.96. The quantitative estimate of drug-likeness (QED) is 0.879. The number of hydrogen-bond acceptors (Lipinski definition) is 5. The lowest BCUT2D eigenvalue weighted by molar-refractivity contribution is 0.319. The Hall–Kier alpha value is -0.950. The molecule has 0 spiro atoms. The first kappa shape index (κ1) is 14.0. The fraction of sp³-hybridized carbons (Fsp3) is 0.846. The van der Waals surface area contributed by atoms with E-state index in [9.17, 15) is 8.42 Å². The van der Waals surface area contributed by atoms with E-state index < -0.39 is 9.84 Å². The second-order valence-corrected chi connectivity index (χ2v) is 8.37. The van der Waals surface area contributed by atoms with Gasteiger partial charge >= 0.3 is 0 Å². The molecule has 112 valence electrons. The second kappa shape index (κ2) is 5.44. The lowest BCUT2D eigenvalue weighted by atomic mass is 9.95. The summed E-state index contributed by atoms with van der Waals surface area (Å²) in [5, 5.41) is 7.54. The SMILES string of the molecule is CS(=O)(=O)C1CCCC(n2ncnc2CNC2CC2)C1. The average molecular weight is 298 g/mol. The Kier molecular flexibility index (Phi) is 3.81. The molecule has 1 aromatic rings. The van der Waals surface area contributed by atoms with Crippen molar-refractivity contribution >= 4 is 9.84 Å². The minimum Gasteiger partial charge on any atom is -0.307 e. The number of nitrogens with one attached hydrogen (secondary N) is 1. The largest absolute Gasteiger partial charge is 0.307 e. The maximum atomic E-state index is 11.8. The zero-order valence-corrected chi connectivity index (χ0v) is 12.6. The van der Waals surface area contributed by atoms with E-state index in [0.29, 0.717) is 12.5 Å². The van der Waals surface area contributed by atoms with Gasteiger partial charge in [0.2, 0.25) is 0 Å². The molecule has 0 aliphatic heterocycles. The molecule has 6 nitrogen and oxygen atoms in total. The Bertz CT molecular complexity index is 565. The molecule has 2 aliphatic carbocycles. The van der Waals surface area contributed by atoms with E-state index in [1.54, 1.807) is 6.33 Å². The van der Waals surface area contributed by atoms with Crippen LogP contribution in [0.4, 0.5) is 0 Å². The van der Waals surface area contributed by atoms with Gasteiger partial charge in [-0.05, 0) is 32.1 Å². The van der Waals surface area contributed by atoms with Gasteiger partial charge in [-0.2, -0.15) is 5.10 Å². The highest BCUT2D eigenvalue weighted by molar-refractivity contribution is 7.91. The van der Waals surface area contributed by atoms with Crippen LogP contribution < -0.4 is 5.32 Å². The van der Waals surface area contributed by atoms with Crippen molar-refractivity contribution in [1.29, 1.82) is 0 Å². The molecule has 2 atom stereocenters. The van der Waals surface area contributed by atoms with Crippen LogP contribution in [0, 0.1) is 0 Å². The summed E-state index contributed by atoms with van der Waals surface area (Å²) in [5.74, 6) is 0.927. The standard InChI is InChI=1S/C13H22N4O2S/c1-20(18,19)12-4-2-3-11(7-12)17-13(15-9-16-17)8-14-10-5-6-10/h9-12,14H,2-8H2,1H3. The van der Waals surface area contributed by atoms with Crippen molar-refractivity contribution in [2.24, 2.45) is 0 Å². The highest BCUT2D eigenvalue weighted by Crippen LogP contribution is 2.32. The molecule has 2 saturated carbocycles. The Morgan fingerprint density at radius 2 is 2.15 bits per heavy atom. The number of aromatic nitrogens is 3. The summed E-state index contributed by atoms with van der Waals surface area (Å²) in [6.45, 7) is 0.727. The number of nitrogens with zero attached hydrogens (tertiary/aromatic N) is 3. The van der Waals surface area contributed by atoms with Crippen molar-refractivity contribution in [1.82, 2.24) is 20.1 Å². The maximum absolute atomic E-state index is 11.8. The Morgan fingerprint density at radius 3 is 2.85 bits per heavy atom. The number of hydrogen-bond donors (Lipinski definition) is 1. The lowest BCUT2D eigenvalue weighted by Gasteiger charge is -2.28. The molecule has 7 heteroatoms. The van der Waals surface area contributed by atoms with Crippen molar-refractivity contribution in [3.8, 4) is 0 Å². The van der Waals surface area contributed by atoms with Crippen molar-refractivity contribution in [2.75, 3.05) is 6.26 Å². The van der Waals surface area contributed by atoms with Crippen molar-refractivity contribution in [2.45, 2.75) is 62.4 Å². The molecule has 0 bridgehead atoms. The van der Waals surface area contributed by atoms with Crippen molar-refractivity contribution < 1.29 is 8.42 Å². The molecular weight excluding hydrogens is 276 g/mol. The van der Waals surface area contributed by atoms with Gasteiger partial charge in [0.25, 0.3) is 0 Å². The highest BCUT2D eigenvalue weighted by Gasteiger charge is 2.31. The minimum absolute atomic E-state index is 0.168. The third-order valence-electron chi connectivity index (χ3n) is 4.32. The molecule has 1 aromatic heterocycles. The second-order valence-electron chi connectivity index (χ2n) is 6.05. The van der Waals surface area contributed by atoms with Crippen LogP contribution in [0.25, 0.3) is 0 Å². The van der Waals surface area contributed by atoms with Crippen molar-refractivity contribution in [3.05, 3.63) is 12.2 Å². The van der Waals surface area contributed by atoms with E-state index in [1.165, 1.54) is 19.1 Å². The van der Waals surface area contributed by atoms with Crippen LogP contribution in [0.2, 0.25) is 0 Å². The molecule has 0 saturated heterocycles. The topological polar surface area (TPSA) is 76.9 Å². The van der Waals surface area contributed by atoms with Crippen LogP contribution in [-0.4, -0.2) is 40.7 Å². The van der Waals surface area contributed by atoms with Gasteiger partial charge in [-0.3, -0.25) is 0 Å². The van der Waals surface area contributed by atoms with E-state index in [-0.39, 0.29) is 11.3 Å². The zero-order valence-electron chi connectivity index (χ0n) is 11.8. The summed E-state index contributed by atoms with van der Waals surface area (Å²) >= 11 is 0. The van der Waals surface area contributed by atoms with E-state index in [1.807, 2.05) is 4.68 Å². The molecule has 0 radical (unpaired) electrons. The first-order valence-corrected chi connectivity index (χ1v) is 9.30. The summed E-state index contributed by atoms with van der Waals surface area (Å²) in [4.78, 5) is 4.32. The maximum Gasteiger partial charge on any atom is 0.150 e. The van der Waals surface area contributed by atoms with Gasteiger partial charge in [-0.15, -0.1) is 0 Å². The molecule has 1 heterocycles. The molecule has 2 unspecified atom stereocenters. The smallest absolute Gasteiger partial charge is 0.150 e. The normalized spacial score (nSPS) is 27.6. The van der Waals surface area contributed by atoms with Crippen LogP contribution in [0.5, 0.6) is 0 Å². The summed E-state index contributed by atoms with van der Waals surface area (Å²) in [6.07, 6.45) is 8.79. The zero-order chi connectivity index (χ0) is 14.2. The highest BCUT2D eigenvalue weighted by atomic mass is 32.2. The third-order valence-corrected chi connectivity index (χ3v) is 5.96. The summed E-state index contributed by atoms with van der Waals surface area (Å²) < 4.78 is 25.4. The van der Waals surface area contributed by atoms with Gasteiger partial charge in [0.1, 0.15) is 22.0 Å². The lowest BCUT2D eigenvalue weighted by Crippen LogP contribution is -2.31. The molecule has 2 fully saturated rings. The summed E-state index contributed by atoms with van der Waals surface area (Å²) in [5.41, 5.74) is 0. The molecule has 3 rings (SSSR count). The van der Waals surface area contributed by atoms with Crippen LogP contribution in [0.15, 0.2) is 6.33 Å². The van der Waals surface area contributed by atoms with E-state index in [2.05, 4.69) is 15.4 Å². The first-order valence-electron chi connectivity index (χ1n) is 7.34. The van der Waals surface area contributed by atoms with Gasteiger partial charge in [-0.25, -0.2) is 18.1 Å². The predicted octanol–water partition coefficient (Wildman–Crippen LogP) is 1.06. The number of sulfone groups is 1. The predicted molar refractivity (Wildman–Crippen MR) is 76.0 cm³/mol. The Morgan fingerprint density at radius 1 is 1.35 bits per heavy atom. The molecule has 1 N–H and O–H groups in total. The van der Waals surface area contributed by atoms with E-state index in [0.717, 1.165) is 31.6 Å². The summed E-state index contributed by atoms with van der Waals surface area (Å²) in [7, 11) is -2.96. The molecular formula is C13H22N4O2S. The van der Waals surface area contributed by atoms with Gasteiger partial charge in [0.05, 0.1) is 17.8 Å². The fourth-order valence-corrected chi connectivity index (χ4v) is 4.13. The third kappa shape index (κ3) is 3.20. The Labute approximate surface area is 119 Å². The van der Waals surface area contributed by atoms with Crippen LogP contribution >= 0.6 is 0 Å². The van der Waals surface area contributed by atoms with Crippen molar-refractivity contribution in [3.63, 3.8) is 0 Å². The van der Waals surface area contributed by atoms with Gasteiger partial charge in [0.15, 0.2) is 0 Å².